The molecule has 1 aliphatic rings. The molecule has 1 aliphatic heterocycles. The summed E-state index contributed by atoms with van der Waals surface area (Å²) < 4.78 is 19.2. The van der Waals surface area contributed by atoms with Crippen LogP contribution in [0.5, 0.6) is 5.75 Å². The monoisotopic (exact) mass is 329 g/mol. The van der Waals surface area contributed by atoms with E-state index in [0.29, 0.717) is 5.56 Å². The fraction of sp³-hybridized carbons (Fsp3) is 0.222. The van der Waals surface area contributed by atoms with E-state index in [1.165, 1.54) is 19.2 Å². The highest BCUT2D eigenvalue weighted by Gasteiger charge is 2.39. The van der Waals surface area contributed by atoms with Gasteiger partial charge in [-0.25, -0.2) is 9.18 Å². The number of carbonyl (C=O) groups excluding carboxylic acids is 1. The lowest BCUT2D eigenvalue weighted by molar-refractivity contribution is 0.0696. The van der Waals surface area contributed by atoms with Crippen molar-refractivity contribution in [2.24, 2.45) is 0 Å². The summed E-state index contributed by atoms with van der Waals surface area (Å²) in [6.07, 6.45) is -0.796. The number of fused-ring (bicyclic) bond motifs is 1. The van der Waals surface area contributed by atoms with Crippen LogP contribution in [0.1, 0.15) is 37.8 Å². The van der Waals surface area contributed by atoms with Gasteiger partial charge in [0, 0.05) is 12.6 Å². The second-order valence-corrected chi connectivity index (χ2v) is 5.53. The van der Waals surface area contributed by atoms with Gasteiger partial charge in [0.2, 0.25) is 0 Å². The maximum absolute atomic E-state index is 13.5. The van der Waals surface area contributed by atoms with Gasteiger partial charge in [0.1, 0.15) is 18.5 Å². The summed E-state index contributed by atoms with van der Waals surface area (Å²) in [6, 6.07) is 11.9. The first-order chi connectivity index (χ1) is 11.6. The minimum atomic E-state index is -1.15. The number of nitrogens with one attached hydrogen (secondary N) is 1. The van der Waals surface area contributed by atoms with Crippen LogP contribution in [0.15, 0.2) is 42.5 Å². The molecule has 0 fully saturated rings. The van der Waals surface area contributed by atoms with Gasteiger partial charge in [-0.05, 0) is 17.7 Å². The van der Waals surface area contributed by atoms with Gasteiger partial charge in [-0.15, -0.1) is 0 Å². The first-order valence-corrected chi connectivity index (χ1v) is 7.47. The largest absolute Gasteiger partial charge is 0.486 e. The molecule has 1 amide bonds. The molecule has 0 aromatic heterocycles. The Labute approximate surface area is 138 Å². The SMILES string of the molecule is CNC(=O)c1cc(C(=O)O)cc2c1O[C@H](CF)[C@H]2c1ccccc1. The van der Waals surface area contributed by atoms with E-state index < -0.39 is 30.6 Å². The Morgan fingerprint density at radius 3 is 2.54 bits per heavy atom. The third kappa shape index (κ3) is 2.60. The molecule has 0 radical (unpaired) electrons. The smallest absolute Gasteiger partial charge is 0.335 e. The molecule has 0 spiro atoms. The van der Waals surface area contributed by atoms with Gasteiger partial charge in [0.05, 0.1) is 17.0 Å². The molecule has 24 heavy (non-hydrogen) atoms. The third-order valence-corrected chi connectivity index (χ3v) is 4.12. The predicted molar refractivity (Wildman–Crippen MR) is 85.5 cm³/mol. The van der Waals surface area contributed by atoms with E-state index in [1.54, 1.807) is 0 Å². The van der Waals surface area contributed by atoms with Crippen LogP contribution in [0.3, 0.4) is 0 Å². The molecule has 124 valence electrons. The van der Waals surface area contributed by atoms with Crippen LogP contribution in [0.25, 0.3) is 0 Å². The molecule has 3 rings (SSSR count). The fourth-order valence-corrected chi connectivity index (χ4v) is 3.04. The Bertz CT molecular complexity index is 791. The van der Waals surface area contributed by atoms with Crippen LogP contribution in [0.4, 0.5) is 4.39 Å². The number of carbonyl (C=O) groups is 2. The Morgan fingerprint density at radius 2 is 1.96 bits per heavy atom. The highest BCUT2D eigenvalue weighted by atomic mass is 19.1. The average Bonchev–Trinajstić information content (AvgIpc) is 2.99. The molecule has 2 N–H and O–H groups in total. The van der Waals surface area contributed by atoms with Gasteiger partial charge in [0.25, 0.3) is 5.91 Å². The molecule has 0 saturated carbocycles. The second-order valence-electron chi connectivity index (χ2n) is 5.53. The molecule has 5 nitrogen and oxygen atoms in total. The molecule has 0 unspecified atom stereocenters. The van der Waals surface area contributed by atoms with Crippen molar-refractivity contribution in [3.63, 3.8) is 0 Å². The summed E-state index contributed by atoms with van der Waals surface area (Å²) in [7, 11) is 1.44. The van der Waals surface area contributed by atoms with Crippen molar-refractivity contribution in [2.75, 3.05) is 13.7 Å². The second kappa shape index (κ2) is 6.31. The quantitative estimate of drug-likeness (QED) is 0.904. The average molecular weight is 329 g/mol. The van der Waals surface area contributed by atoms with Crippen LogP contribution in [0, 0.1) is 0 Å². The van der Waals surface area contributed by atoms with Crippen LogP contribution < -0.4 is 10.1 Å². The summed E-state index contributed by atoms with van der Waals surface area (Å²) >= 11 is 0. The predicted octanol–water partition coefficient (Wildman–Crippen LogP) is 2.61. The van der Waals surface area contributed by atoms with E-state index in [9.17, 15) is 19.1 Å². The van der Waals surface area contributed by atoms with E-state index in [4.69, 9.17) is 4.74 Å². The number of carboxylic acids is 1. The van der Waals surface area contributed by atoms with Gasteiger partial charge in [-0.1, -0.05) is 30.3 Å². The lowest BCUT2D eigenvalue weighted by atomic mass is 9.87. The minimum absolute atomic E-state index is 0.0311. The highest BCUT2D eigenvalue weighted by molar-refractivity contribution is 6.00. The van der Waals surface area contributed by atoms with Crippen molar-refractivity contribution >= 4 is 11.9 Å². The van der Waals surface area contributed by atoms with Crippen LogP contribution in [0.2, 0.25) is 0 Å². The minimum Gasteiger partial charge on any atom is -0.486 e. The number of aromatic carboxylic acids is 1. The Kier molecular flexibility index (Phi) is 4.20. The zero-order valence-electron chi connectivity index (χ0n) is 13.0. The number of benzene rings is 2. The molecule has 6 heteroatoms. The summed E-state index contributed by atoms with van der Waals surface area (Å²) in [5, 5.41) is 11.8. The number of hydrogen-bond acceptors (Lipinski definition) is 3. The summed E-state index contributed by atoms with van der Waals surface area (Å²) in [4.78, 5) is 23.5. The summed E-state index contributed by atoms with van der Waals surface area (Å²) in [5.74, 6) is -1.84. The lowest BCUT2D eigenvalue weighted by Gasteiger charge is -2.16. The fourth-order valence-electron chi connectivity index (χ4n) is 3.04. The molecule has 1 heterocycles. The Hall–Kier alpha value is -2.89. The number of alkyl halides is 1. The van der Waals surface area contributed by atoms with Crippen molar-refractivity contribution in [1.29, 1.82) is 0 Å². The molecular formula is C18H16FNO4. The van der Waals surface area contributed by atoms with Crippen molar-refractivity contribution in [3.05, 3.63) is 64.7 Å². The number of rotatable bonds is 4. The van der Waals surface area contributed by atoms with Crippen LogP contribution in [-0.2, 0) is 0 Å². The number of halogens is 1. The lowest BCUT2D eigenvalue weighted by Crippen LogP contribution is -2.22. The van der Waals surface area contributed by atoms with Gasteiger partial charge in [-0.3, -0.25) is 4.79 Å². The molecule has 0 bridgehead atoms. The molecule has 2 aromatic carbocycles. The molecule has 2 atom stereocenters. The number of ether oxygens (including phenoxy) is 1. The van der Waals surface area contributed by atoms with Crippen LogP contribution in [-0.4, -0.2) is 36.8 Å². The van der Waals surface area contributed by atoms with Crippen molar-refractivity contribution in [2.45, 2.75) is 12.0 Å². The zero-order valence-corrected chi connectivity index (χ0v) is 13.0. The van der Waals surface area contributed by atoms with Gasteiger partial charge in [-0.2, -0.15) is 0 Å². The van der Waals surface area contributed by atoms with E-state index in [0.717, 1.165) is 5.56 Å². The number of amides is 1. The van der Waals surface area contributed by atoms with Crippen LogP contribution >= 0.6 is 0 Å². The van der Waals surface area contributed by atoms with E-state index >= 15 is 0 Å². The molecule has 2 aromatic rings. The molecular weight excluding hydrogens is 313 g/mol. The van der Waals surface area contributed by atoms with Gasteiger partial charge in [0.15, 0.2) is 0 Å². The number of hydrogen-bond donors (Lipinski definition) is 2. The van der Waals surface area contributed by atoms with Gasteiger partial charge < -0.3 is 15.2 Å². The van der Waals surface area contributed by atoms with Crippen molar-refractivity contribution < 1.29 is 23.8 Å². The number of carboxylic acid groups (broad SMARTS) is 1. The molecule has 0 aliphatic carbocycles. The zero-order chi connectivity index (χ0) is 17.3. The normalized spacial score (nSPS) is 18.6. The topological polar surface area (TPSA) is 75.6 Å². The first-order valence-electron chi connectivity index (χ1n) is 7.47. The van der Waals surface area contributed by atoms with Crippen molar-refractivity contribution in [3.8, 4) is 5.75 Å². The van der Waals surface area contributed by atoms with E-state index in [-0.39, 0.29) is 16.9 Å². The Morgan fingerprint density at radius 1 is 1.25 bits per heavy atom. The Balaban J connectivity index is 2.22. The maximum atomic E-state index is 13.5. The van der Waals surface area contributed by atoms with E-state index in [2.05, 4.69) is 5.32 Å². The summed E-state index contributed by atoms with van der Waals surface area (Å²) in [6.45, 7) is -0.746. The summed E-state index contributed by atoms with van der Waals surface area (Å²) in [5.41, 5.74) is 1.40. The highest BCUT2D eigenvalue weighted by Crippen LogP contribution is 2.45. The third-order valence-electron chi connectivity index (χ3n) is 4.12. The van der Waals surface area contributed by atoms with E-state index in [1.807, 2.05) is 30.3 Å². The standard InChI is InChI=1S/C18H16FNO4/c1-20-17(21)13-8-11(18(22)23)7-12-15(10-5-3-2-4-6-10)14(9-19)24-16(12)13/h2-8,14-15H,9H2,1H3,(H,20,21)(H,22,23)/t14-,15+/m1/s1. The van der Waals surface area contributed by atoms with Gasteiger partial charge >= 0.3 is 5.97 Å². The first kappa shape index (κ1) is 16.0. The maximum Gasteiger partial charge on any atom is 0.335 e. The molecule has 0 saturated heterocycles. The van der Waals surface area contributed by atoms with Crippen molar-refractivity contribution in [1.82, 2.24) is 5.32 Å².